The van der Waals surface area contributed by atoms with Crippen molar-refractivity contribution in [3.8, 4) is 0 Å². The van der Waals surface area contributed by atoms with Crippen LogP contribution in [0.5, 0.6) is 0 Å². The van der Waals surface area contributed by atoms with Gasteiger partial charge in [0.15, 0.2) is 0 Å². The van der Waals surface area contributed by atoms with Gasteiger partial charge in [-0.15, -0.1) is 0 Å². The molecule has 0 heterocycles. The van der Waals surface area contributed by atoms with Crippen molar-refractivity contribution in [2.75, 3.05) is 7.11 Å². The van der Waals surface area contributed by atoms with Gasteiger partial charge in [-0.2, -0.15) is 0 Å². The molecule has 0 aromatic heterocycles. The van der Waals surface area contributed by atoms with Gasteiger partial charge in [0, 0.05) is 7.11 Å². The van der Waals surface area contributed by atoms with Crippen molar-refractivity contribution in [2.24, 2.45) is 5.92 Å². The molecule has 0 aromatic carbocycles. The normalized spacial score (nSPS) is 10.8. The molecule has 0 amide bonds. The van der Waals surface area contributed by atoms with E-state index in [0.29, 0.717) is 0 Å². The monoisotopic (exact) mass is 146 g/mol. The Kier molecular flexibility index (Phi) is 7.22. The molecule has 0 rings (SSSR count). The Morgan fingerprint density at radius 2 is 1.10 bits per heavy atom. The second kappa shape index (κ2) is 5.72. The largest absolute Gasteiger partial charge is 0.379 e. The molecule has 10 heavy (non-hydrogen) atoms. The lowest BCUT2D eigenvalue weighted by Gasteiger charge is -2.14. The van der Waals surface area contributed by atoms with Crippen LogP contribution in [-0.2, 0) is 4.74 Å². The van der Waals surface area contributed by atoms with Gasteiger partial charge in [0.1, 0.15) is 0 Å². The van der Waals surface area contributed by atoms with Crippen LogP contribution >= 0.6 is 0 Å². The van der Waals surface area contributed by atoms with E-state index in [4.69, 9.17) is 4.74 Å². The van der Waals surface area contributed by atoms with Crippen LogP contribution in [-0.4, -0.2) is 12.7 Å². The molecule has 0 saturated heterocycles. The minimum Gasteiger partial charge on any atom is -0.379 e. The van der Waals surface area contributed by atoms with Crippen LogP contribution in [0.2, 0.25) is 0 Å². The van der Waals surface area contributed by atoms with Gasteiger partial charge in [-0.25, -0.2) is 0 Å². The summed E-state index contributed by atoms with van der Waals surface area (Å²) in [5.41, 5.74) is 0.0417. The van der Waals surface area contributed by atoms with Gasteiger partial charge in [-0.1, -0.05) is 20.8 Å². The third-order valence-corrected chi connectivity index (χ3v) is 0.612. The average Bonchev–Trinajstić information content (AvgIpc) is 1.63. The number of hydrogen-bond acceptors (Lipinski definition) is 1. The molecule has 0 aliphatic carbocycles. The zero-order valence-electron chi connectivity index (χ0n) is 8.49. The molecule has 0 aromatic rings. The molecular formula is C9H22O. The lowest BCUT2D eigenvalue weighted by Crippen LogP contribution is -2.15. The topological polar surface area (TPSA) is 9.23 Å². The maximum absolute atomic E-state index is 4.94. The van der Waals surface area contributed by atoms with Gasteiger partial charge >= 0.3 is 0 Å². The van der Waals surface area contributed by atoms with Crippen molar-refractivity contribution in [1.29, 1.82) is 0 Å². The predicted molar refractivity (Wildman–Crippen MR) is 47.3 cm³/mol. The fourth-order valence-corrected chi connectivity index (χ4v) is 0. The van der Waals surface area contributed by atoms with E-state index in [1.165, 1.54) is 0 Å². The highest BCUT2D eigenvalue weighted by Gasteiger charge is 2.03. The van der Waals surface area contributed by atoms with Crippen LogP contribution in [0, 0.1) is 5.92 Å². The standard InChI is InChI=1S/C5H12O.C4H10/c1-5(2,3)6-4;1-4(2)3/h1-4H3;4H,1-3H3. The zero-order chi connectivity index (χ0) is 8.78. The van der Waals surface area contributed by atoms with Crippen LogP contribution < -0.4 is 0 Å². The maximum Gasteiger partial charge on any atom is 0.0594 e. The van der Waals surface area contributed by atoms with Crippen molar-refractivity contribution < 1.29 is 4.74 Å². The third kappa shape index (κ3) is 44.0. The van der Waals surface area contributed by atoms with Crippen LogP contribution in [0.1, 0.15) is 41.5 Å². The summed E-state index contributed by atoms with van der Waals surface area (Å²) in [6.07, 6.45) is 0. The number of hydrogen-bond donors (Lipinski definition) is 0. The second-order valence-electron chi connectivity index (χ2n) is 4.05. The highest BCUT2D eigenvalue weighted by molar-refractivity contribution is 4.55. The molecule has 0 spiro atoms. The summed E-state index contributed by atoms with van der Waals surface area (Å²) in [5, 5.41) is 0. The van der Waals surface area contributed by atoms with Crippen molar-refractivity contribution >= 4 is 0 Å². The molecule has 0 saturated carbocycles. The number of ether oxygens (including phenoxy) is 1. The molecule has 64 valence electrons. The summed E-state index contributed by atoms with van der Waals surface area (Å²) in [6, 6.07) is 0. The molecule has 0 unspecified atom stereocenters. The van der Waals surface area contributed by atoms with Crippen molar-refractivity contribution in [3.63, 3.8) is 0 Å². The first-order chi connectivity index (χ1) is 4.29. The molecule has 1 nitrogen and oxygen atoms in total. The second-order valence-corrected chi connectivity index (χ2v) is 4.05. The van der Waals surface area contributed by atoms with Crippen LogP contribution in [0.3, 0.4) is 0 Å². The van der Waals surface area contributed by atoms with Crippen molar-refractivity contribution in [2.45, 2.75) is 47.1 Å². The molecule has 0 fully saturated rings. The summed E-state index contributed by atoms with van der Waals surface area (Å²) < 4.78 is 4.94. The zero-order valence-corrected chi connectivity index (χ0v) is 8.49. The van der Waals surface area contributed by atoms with E-state index < -0.39 is 0 Å². The van der Waals surface area contributed by atoms with E-state index >= 15 is 0 Å². The average molecular weight is 146 g/mol. The fraction of sp³-hybridized carbons (Fsp3) is 1.00. The van der Waals surface area contributed by atoms with Gasteiger partial charge in [0.2, 0.25) is 0 Å². The van der Waals surface area contributed by atoms with Crippen LogP contribution in [0.4, 0.5) is 0 Å². The molecule has 1 heteroatoms. The van der Waals surface area contributed by atoms with Crippen LogP contribution in [0.15, 0.2) is 0 Å². The smallest absolute Gasteiger partial charge is 0.0594 e. The highest BCUT2D eigenvalue weighted by Crippen LogP contribution is 2.02. The SMILES string of the molecule is CC(C)C.COC(C)(C)C. The number of rotatable bonds is 0. The maximum atomic E-state index is 4.94. The van der Waals surface area contributed by atoms with E-state index in [2.05, 4.69) is 20.8 Å². The first-order valence-electron chi connectivity index (χ1n) is 3.84. The molecular weight excluding hydrogens is 124 g/mol. The Balaban J connectivity index is 0. The summed E-state index contributed by atoms with van der Waals surface area (Å²) in [6.45, 7) is 12.6. The summed E-state index contributed by atoms with van der Waals surface area (Å²) in [5.74, 6) is 0.833. The molecule has 0 bridgehead atoms. The first-order valence-corrected chi connectivity index (χ1v) is 3.84. The summed E-state index contributed by atoms with van der Waals surface area (Å²) >= 11 is 0. The number of methoxy groups -OCH3 is 1. The Labute approximate surface area is 65.8 Å². The minimum atomic E-state index is 0.0417. The fourth-order valence-electron chi connectivity index (χ4n) is 0. The van der Waals surface area contributed by atoms with E-state index in [1.54, 1.807) is 7.11 Å². The predicted octanol–water partition coefficient (Wildman–Crippen LogP) is 3.09. The van der Waals surface area contributed by atoms with Gasteiger partial charge < -0.3 is 4.74 Å². The van der Waals surface area contributed by atoms with E-state index in [-0.39, 0.29) is 5.60 Å². The van der Waals surface area contributed by atoms with Crippen molar-refractivity contribution in [1.82, 2.24) is 0 Å². The summed E-state index contributed by atoms with van der Waals surface area (Å²) in [7, 11) is 1.71. The van der Waals surface area contributed by atoms with Crippen LogP contribution in [0.25, 0.3) is 0 Å². The van der Waals surface area contributed by atoms with Gasteiger partial charge in [-0.05, 0) is 26.7 Å². The van der Waals surface area contributed by atoms with E-state index in [0.717, 1.165) is 5.92 Å². The Hall–Kier alpha value is -0.0400. The van der Waals surface area contributed by atoms with Crippen molar-refractivity contribution in [3.05, 3.63) is 0 Å². The molecule has 0 radical (unpaired) electrons. The lowest BCUT2D eigenvalue weighted by atomic mass is 10.2. The third-order valence-electron chi connectivity index (χ3n) is 0.612. The van der Waals surface area contributed by atoms with Gasteiger partial charge in [0.25, 0.3) is 0 Å². The van der Waals surface area contributed by atoms with E-state index in [9.17, 15) is 0 Å². The summed E-state index contributed by atoms with van der Waals surface area (Å²) in [4.78, 5) is 0. The quantitative estimate of drug-likeness (QED) is 0.510. The highest BCUT2D eigenvalue weighted by atomic mass is 16.5. The molecule has 0 atom stereocenters. The Morgan fingerprint density at radius 3 is 1.10 bits per heavy atom. The first kappa shape index (κ1) is 12.6. The lowest BCUT2D eigenvalue weighted by molar-refractivity contribution is 0.0397. The molecule has 0 N–H and O–H groups in total. The van der Waals surface area contributed by atoms with E-state index in [1.807, 2.05) is 20.8 Å². The van der Waals surface area contributed by atoms with Gasteiger partial charge in [-0.3, -0.25) is 0 Å². The Morgan fingerprint density at radius 1 is 1.00 bits per heavy atom. The minimum absolute atomic E-state index is 0.0417. The molecule has 0 aliphatic heterocycles. The Bertz CT molecular complexity index is 56.9. The van der Waals surface area contributed by atoms with Gasteiger partial charge in [0.05, 0.1) is 5.60 Å². The molecule has 0 aliphatic rings.